The van der Waals surface area contributed by atoms with Crippen molar-refractivity contribution in [2.24, 2.45) is 0 Å². The largest absolute Gasteiger partial charge is 0.467 e. The summed E-state index contributed by atoms with van der Waals surface area (Å²) < 4.78 is 7.03. The van der Waals surface area contributed by atoms with Crippen LogP contribution in [0.3, 0.4) is 0 Å². The molecule has 130 valence electrons. The van der Waals surface area contributed by atoms with E-state index >= 15 is 0 Å². The lowest BCUT2D eigenvalue weighted by atomic mass is 10.3. The molecule has 2 aromatic heterocycles. The van der Waals surface area contributed by atoms with Gasteiger partial charge >= 0.3 is 0 Å². The molecule has 3 aromatic rings. The molecule has 3 rings (SSSR count). The summed E-state index contributed by atoms with van der Waals surface area (Å²) >= 11 is 0. The molecule has 0 aliphatic carbocycles. The number of rotatable bonds is 7. The Bertz CT molecular complexity index is 868. The fourth-order valence-corrected chi connectivity index (χ4v) is 2.54. The van der Waals surface area contributed by atoms with Crippen LogP contribution in [0.25, 0.3) is 11.0 Å². The van der Waals surface area contributed by atoms with Gasteiger partial charge in [0, 0.05) is 6.42 Å². The number of nitrogens with one attached hydrogen (secondary N) is 2. The van der Waals surface area contributed by atoms with Gasteiger partial charge in [-0.1, -0.05) is 19.1 Å². The van der Waals surface area contributed by atoms with E-state index in [1.165, 1.54) is 0 Å². The van der Waals surface area contributed by atoms with Crippen LogP contribution in [0.4, 0.5) is 0 Å². The first-order valence-electron chi connectivity index (χ1n) is 8.17. The SMILES string of the molecule is CCC(=O)NCc1nc2ccccc2n1CC(=O)NCc1ccco1. The zero-order valence-electron chi connectivity index (χ0n) is 14.0. The van der Waals surface area contributed by atoms with E-state index in [-0.39, 0.29) is 24.9 Å². The van der Waals surface area contributed by atoms with Gasteiger partial charge in [-0.25, -0.2) is 4.98 Å². The second-order valence-electron chi connectivity index (χ2n) is 5.59. The maximum absolute atomic E-state index is 12.3. The van der Waals surface area contributed by atoms with E-state index in [0.717, 1.165) is 11.0 Å². The summed E-state index contributed by atoms with van der Waals surface area (Å²) in [7, 11) is 0. The highest BCUT2D eigenvalue weighted by molar-refractivity contribution is 5.81. The molecule has 0 spiro atoms. The van der Waals surface area contributed by atoms with Gasteiger partial charge in [-0.05, 0) is 24.3 Å². The maximum atomic E-state index is 12.3. The maximum Gasteiger partial charge on any atom is 0.240 e. The molecular formula is C18H20N4O3. The minimum absolute atomic E-state index is 0.0547. The van der Waals surface area contributed by atoms with Crippen LogP contribution < -0.4 is 10.6 Å². The molecule has 2 N–H and O–H groups in total. The van der Waals surface area contributed by atoms with Gasteiger partial charge in [0.25, 0.3) is 0 Å². The average molecular weight is 340 g/mol. The van der Waals surface area contributed by atoms with Gasteiger partial charge in [0.05, 0.1) is 30.4 Å². The van der Waals surface area contributed by atoms with Crippen LogP contribution in [0.2, 0.25) is 0 Å². The second-order valence-corrected chi connectivity index (χ2v) is 5.59. The van der Waals surface area contributed by atoms with E-state index in [1.807, 2.05) is 28.8 Å². The van der Waals surface area contributed by atoms with Crippen molar-refractivity contribution in [1.82, 2.24) is 20.2 Å². The normalized spacial score (nSPS) is 10.8. The highest BCUT2D eigenvalue weighted by Gasteiger charge is 2.14. The molecule has 0 aliphatic rings. The van der Waals surface area contributed by atoms with Crippen LogP contribution in [0.1, 0.15) is 24.9 Å². The number of furan rings is 1. The average Bonchev–Trinajstić information content (AvgIpc) is 3.26. The van der Waals surface area contributed by atoms with E-state index in [4.69, 9.17) is 4.42 Å². The third-order valence-corrected chi connectivity index (χ3v) is 3.84. The number of benzene rings is 1. The van der Waals surface area contributed by atoms with Crippen molar-refractivity contribution >= 4 is 22.8 Å². The molecular weight excluding hydrogens is 320 g/mol. The predicted molar refractivity (Wildman–Crippen MR) is 92.4 cm³/mol. The molecule has 2 heterocycles. The lowest BCUT2D eigenvalue weighted by molar-refractivity contribution is -0.122. The van der Waals surface area contributed by atoms with E-state index < -0.39 is 0 Å². The number of carbonyl (C=O) groups excluding carboxylic acids is 2. The number of fused-ring (bicyclic) bond motifs is 1. The summed E-state index contributed by atoms with van der Waals surface area (Å²) in [6, 6.07) is 11.2. The van der Waals surface area contributed by atoms with Crippen molar-refractivity contribution in [2.75, 3.05) is 0 Å². The van der Waals surface area contributed by atoms with Crippen molar-refractivity contribution in [2.45, 2.75) is 33.0 Å². The molecule has 0 unspecified atom stereocenters. The molecule has 0 fully saturated rings. The van der Waals surface area contributed by atoms with Gasteiger partial charge in [-0.2, -0.15) is 0 Å². The van der Waals surface area contributed by atoms with Crippen LogP contribution in [0.15, 0.2) is 47.1 Å². The molecule has 0 saturated carbocycles. The minimum atomic E-state index is -0.150. The zero-order chi connectivity index (χ0) is 17.6. The molecule has 7 heteroatoms. The smallest absolute Gasteiger partial charge is 0.240 e. The first-order chi connectivity index (χ1) is 12.2. The molecule has 1 aromatic carbocycles. The lowest BCUT2D eigenvalue weighted by Crippen LogP contribution is -2.29. The summed E-state index contributed by atoms with van der Waals surface area (Å²) in [6.07, 6.45) is 1.98. The Morgan fingerprint density at radius 1 is 1.08 bits per heavy atom. The number of carbonyl (C=O) groups is 2. The van der Waals surface area contributed by atoms with E-state index in [9.17, 15) is 9.59 Å². The number of para-hydroxylation sites is 2. The quantitative estimate of drug-likeness (QED) is 0.688. The number of hydrogen-bond donors (Lipinski definition) is 2. The van der Waals surface area contributed by atoms with Crippen molar-refractivity contribution in [3.05, 3.63) is 54.2 Å². The van der Waals surface area contributed by atoms with Crippen LogP contribution in [-0.2, 0) is 29.2 Å². The molecule has 2 amide bonds. The topological polar surface area (TPSA) is 89.2 Å². The fraction of sp³-hybridized carbons (Fsp3) is 0.278. The number of hydrogen-bond acceptors (Lipinski definition) is 4. The van der Waals surface area contributed by atoms with Gasteiger partial charge < -0.3 is 19.6 Å². The standard InChI is InChI=1S/C18H20N4O3/c1-2-17(23)20-11-16-21-14-7-3-4-8-15(14)22(16)12-18(24)19-10-13-6-5-9-25-13/h3-9H,2,10-12H2,1H3,(H,19,24)(H,20,23). The van der Waals surface area contributed by atoms with Gasteiger partial charge in [0.2, 0.25) is 11.8 Å². The summed E-state index contributed by atoms with van der Waals surface area (Å²) in [4.78, 5) is 28.4. The molecule has 0 radical (unpaired) electrons. The predicted octanol–water partition coefficient (Wildman–Crippen LogP) is 1.97. The van der Waals surface area contributed by atoms with Crippen molar-refractivity contribution < 1.29 is 14.0 Å². The van der Waals surface area contributed by atoms with Gasteiger partial charge in [-0.15, -0.1) is 0 Å². The number of imidazole rings is 1. The Morgan fingerprint density at radius 3 is 2.64 bits per heavy atom. The van der Waals surface area contributed by atoms with Crippen molar-refractivity contribution in [3.8, 4) is 0 Å². The summed E-state index contributed by atoms with van der Waals surface area (Å²) in [6.45, 7) is 2.53. The Hall–Kier alpha value is -3.09. The lowest BCUT2D eigenvalue weighted by Gasteiger charge is -2.10. The molecule has 0 saturated heterocycles. The zero-order valence-corrected chi connectivity index (χ0v) is 14.0. The Kier molecular flexibility index (Phi) is 5.13. The molecule has 25 heavy (non-hydrogen) atoms. The number of nitrogens with zero attached hydrogens (tertiary/aromatic N) is 2. The third-order valence-electron chi connectivity index (χ3n) is 3.84. The molecule has 7 nitrogen and oxygen atoms in total. The minimum Gasteiger partial charge on any atom is -0.467 e. The van der Waals surface area contributed by atoms with Crippen molar-refractivity contribution in [3.63, 3.8) is 0 Å². The highest BCUT2D eigenvalue weighted by Crippen LogP contribution is 2.16. The molecule has 0 bridgehead atoms. The van der Waals surface area contributed by atoms with E-state index in [1.54, 1.807) is 25.3 Å². The summed E-state index contributed by atoms with van der Waals surface area (Å²) in [5, 5.41) is 5.63. The Labute approximate surface area is 145 Å². The van der Waals surface area contributed by atoms with E-state index in [2.05, 4.69) is 15.6 Å². The molecule has 0 aliphatic heterocycles. The summed E-state index contributed by atoms with van der Waals surface area (Å²) in [5.74, 6) is 1.14. The Morgan fingerprint density at radius 2 is 1.88 bits per heavy atom. The van der Waals surface area contributed by atoms with Crippen LogP contribution in [0.5, 0.6) is 0 Å². The fourth-order valence-electron chi connectivity index (χ4n) is 2.54. The van der Waals surface area contributed by atoms with E-state index in [0.29, 0.717) is 24.6 Å². The third kappa shape index (κ3) is 4.06. The monoisotopic (exact) mass is 340 g/mol. The summed E-state index contributed by atoms with van der Waals surface area (Å²) in [5.41, 5.74) is 1.65. The highest BCUT2D eigenvalue weighted by atomic mass is 16.3. The molecule has 0 atom stereocenters. The second kappa shape index (κ2) is 7.65. The number of aromatic nitrogens is 2. The first kappa shape index (κ1) is 16.8. The van der Waals surface area contributed by atoms with Crippen LogP contribution in [-0.4, -0.2) is 21.4 Å². The van der Waals surface area contributed by atoms with Crippen LogP contribution in [0, 0.1) is 0 Å². The van der Waals surface area contributed by atoms with Crippen LogP contribution >= 0.6 is 0 Å². The number of amides is 2. The van der Waals surface area contributed by atoms with Gasteiger partial charge in [-0.3, -0.25) is 9.59 Å². The van der Waals surface area contributed by atoms with Gasteiger partial charge in [0.15, 0.2) is 0 Å². The van der Waals surface area contributed by atoms with Gasteiger partial charge in [0.1, 0.15) is 18.1 Å². The first-order valence-corrected chi connectivity index (χ1v) is 8.17. The Balaban J connectivity index is 1.75. The van der Waals surface area contributed by atoms with Crippen molar-refractivity contribution in [1.29, 1.82) is 0 Å².